The zero-order chi connectivity index (χ0) is 33.8. The lowest BCUT2D eigenvalue weighted by atomic mass is 9.69. The molecule has 51 heavy (non-hydrogen) atoms. The van der Waals surface area contributed by atoms with E-state index >= 15 is 0 Å². The molecule has 8 aromatic carbocycles. The van der Waals surface area contributed by atoms with Crippen LogP contribution in [0.1, 0.15) is 47.9 Å². The lowest BCUT2D eigenvalue weighted by Gasteiger charge is -2.34. The molecule has 2 atom stereocenters. The minimum atomic E-state index is -0.119. The van der Waals surface area contributed by atoms with Crippen molar-refractivity contribution in [3.05, 3.63) is 192 Å². The molecule has 0 aromatic heterocycles. The van der Waals surface area contributed by atoms with E-state index in [1.165, 1.54) is 99.1 Å². The van der Waals surface area contributed by atoms with E-state index in [2.05, 4.69) is 184 Å². The Morgan fingerprint density at radius 1 is 0.353 bits per heavy atom. The van der Waals surface area contributed by atoms with Gasteiger partial charge >= 0.3 is 0 Å². The summed E-state index contributed by atoms with van der Waals surface area (Å²) in [5.74, 6) is 0.748. The number of rotatable bonds is 2. The Kier molecular flexibility index (Phi) is 5.94. The van der Waals surface area contributed by atoms with E-state index in [-0.39, 0.29) is 5.41 Å². The summed E-state index contributed by atoms with van der Waals surface area (Å²) in [6.45, 7) is 4.80. The van der Waals surface area contributed by atoms with Crippen molar-refractivity contribution in [2.75, 3.05) is 0 Å². The fraction of sp³-hybridized carbons (Fsp3) is 0.0980. The molecule has 8 aromatic rings. The first-order valence-electron chi connectivity index (χ1n) is 18.3. The van der Waals surface area contributed by atoms with Crippen molar-refractivity contribution in [2.24, 2.45) is 0 Å². The van der Waals surface area contributed by atoms with Crippen LogP contribution in [0.3, 0.4) is 0 Å². The van der Waals surface area contributed by atoms with Gasteiger partial charge in [-0.3, -0.25) is 0 Å². The van der Waals surface area contributed by atoms with Crippen LogP contribution in [0, 0.1) is 0 Å². The Balaban J connectivity index is 0.999. The molecule has 0 fully saturated rings. The van der Waals surface area contributed by atoms with E-state index in [0.717, 1.165) is 0 Å². The largest absolute Gasteiger partial charge is 0.0761 e. The first-order valence-corrected chi connectivity index (χ1v) is 18.3. The number of hydrogen-bond acceptors (Lipinski definition) is 0. The quantitative estimate of drug-likeness (QED) is 0.164. The van der Waals surface area contributed by atoms with Crippen molar-refractivity contribution in [1.29, 1.82) is 0 Å². The van der Waals surface area contributed by atoms with Gasteiger partial charge in [0, 0.05) is 17.3 Å². The zero-order valence-electron chi connectivity index (χ0n) is 28.8. The van der Waals surface area contributed by atoms with Crippen LogP contribution >= 0.6 is 0 Å². The second-order valence-electron chi connectivity index (χ2n) is 15.2. The van der Waals surface area contributed by atoms with Crippen molar-refractivity contribution in [2.45, 2.75) is 31.1 Å². The summed E-state index contributed by atoms with van der Waals surface area (Å²) in [6.07, 6.45) is 9.20. The molecule has 0 radical (unpaired) electrons. The van der Waals surface area contributed by atoms with Gasteiger partial charge in [0.15, 0.2) is 0 Å². The first kappa shape index (κ1) is 28.8. The Labute approximate surface area is 299 Å². The molecule has 240 valence electrons. The predicted octanol–water partition coefficient (Wildman–Crippen LogP) is 13.8. The fourth-order valence-electron chi connectivity index (χ4n) is 9.68. The van der Waals surface area contributed by atoms with Gasteiger partial charge in [-0.05, 0) is 123 Å². The monoisotopic (exact) mass is 648 g/mol. The topological polar surface area (TPSA) is 0 Å². The third-order valence-corrected chi connectivity index (χ3v) is 12.2. The average molecular weight is 649 g/mol. The normalized spacial score (nSPS) is 17.6. The second-order valence-corrected chi connectivity index (χ2v) is 15.2. The van der Waals surface area contributed by atoms with E-state index < -0.39 is 0 Å². The molecule has 0 saturated heterocycles. The Bertz CT molecular complexity index is 2810. The van der Waals surface area contributed by atoms with Crippen LogP contribution in [-0.2, 0) is 5.41 Å². The number of hydrogen-bond donors (Lipinski definition) is 0. The third kappa shape index (κ3) is 4.08. The molecule has 0 aliphatic heterocycles. The number of fused-ring (bicyclic) bond motifs is 15. The van der Waals surface area contributed by atoms with E-state index in [4.69, 9.17) is 0 Å². The highest BCUT2D eigenvalue weighted by molar-refractivity contribution is 6.25. The van der Waals surface area contributed by atoms with Gasteiger partial charge in [-0.15, -0.1) is 0 Å². The van der Waals surface area contributed by atoms with Crippen LogP contribution in [0.2, 0.25) is 0 Å². The van der Waals surface area contributed by atoms with Crippen LogP contribution in [0.4, 0.5) is 0 Å². The van der Waals surface area contributed by atoms with Gasteiger partial charge in [0.1, 0.15) is 0 Å². The summed E-state index contributed by atoms with van der Waals surface area (Å²) in [5, 5.41) is 7.89. The summed E-state index contributed by atoms with van der Waals surface area (Å²) in [5.41, 5.74) is 16.1. The molecule has 0 amide bonds. The molecule has 11 rings (SSSR count). The van der Waals surface area contributed by atoms with Crippen molar-refractivity contribution in [3.8, 4) is 44.5 Å². The summed E-state index contributed by atoms with van der Waals surface area (Å²) in [7, 11) is 0. The van der Waals surface area contributed by atoms with Crippen molar-refractivity contribution in [3.63, 3.8) is 0 Å². The Hall–Kier alpha value is -5.98. The maximum atomic E-state index is 2.47. The van der Waals surface area contributed by atoms with Gasteiger partial charge in [-0.2, -0.15) is 0 Å². The maximum absolute atomic E-state index is 2.47. The molecule has 3 aliphatic carbocycles. The molecule has 0 bridgehead atoms. The van der Waals surface area contributed by atoms with Crippen LogP contribution in [0.15, 0.2) is 170 Å². The van der Waals surface area contributed by atoms with Gasteiger partial charge in [0.2, 0.25) is 0 Å². The lowest BCUT2D eigenvalue weighted by Crippen LogP contribution is -2.16. The Morgan fingerprint density at radius 3 is 1.41 bits per heavy atom. The second kappa shape index (κ2) is 10.5. The summed E-state index contributed by atoms with van der Waals surface area (Å²) >= 11 is 0. The molecule has 0 N–H and O–H groups in total. The van der Waals surface area contributed by atoms with Crippen LogP contribution < -0.4 is 0 Å². The highest BCUT2D eigenvalue weighted by atomic mass is 14.4. The highest BCUT2D eigenvalue weighted by Gasteiger charge is 2.36. The molecule has 0 saturated carbocycles. The average Bonchev–Trinajstić information content (AvgIpc) is 3.42. The van der Waals surface area contributed by atoms with Crippen molar-refractivity contribution in [1.82, 2.24) is 0 Å². The van der Waals surface area contributed by atoms with E-state index in [1.807, 2.05) is 0 Å². The van der Waals surface area contributed by atoms with Crippen LogP contribution in [0.25, 0.3) is 76.8 Å². The molecule has 0 heterocycles. The van der Waals surface area contributed by atoms with Crippen LogP contribution in [-0.4, -0.2) is 0 Å². The van der Waals surface area contributed by atoms with E-state index in [0.29, 0.717) is 11.8 Å². The maximum Gasteiger partial charge on any atom is 0.0159 e. The molecular weight excluding hydrogens is 613 g/mol. The Morgan fingerprint density at radius 2 is 0.784 bits per heavy atom. The zero-order valence-corrected chi connectivity index (χ0v) is 28.8. The van der Waals surface area contributed by atoms with E-state index in [9.17, 15) is 0 Å². The molecule has 0 heteroatoms. The molecule has 0 nitrogen and oxygen atoms in total. The van der Waals surface area contributed by atoms with Gasteiger partial charge in [0.25, 0.3) is 0 Å². The number of allylic oxidation sites excluding steroid dienone is 4. The standard InChI is InChI=1S/C51H36/c1-51(2)49-29-33(31-19-23-43-39-15-5-3-11-35(39)37-13-7-9-17-41(37)47(43)27-31)21-25-45(49)46-26-22-34(30-50(46)51)32-20-24-44-40-16-6-4-12-36(40)38-14-8-10-18-42(38)48(44)28-32/h3-30,37,41H,1-2H3. The SMILES string of the molecule is CC1(C)c2cc(-c3ccc4c(c3)C3C=CC=CC3c3ccccc3-4)ccc2-c2ccc(-c3ccc4c5ccccc5c5ccccc5c4c3)cc21. The fourth-order valence-corrected chi connectivity index (χ4v) is 9.68. The smallest absolute Gasteiger partial charge is 0.0159 e. The molecular formula is C51H36. The molecule has 0 spiro atoms. The van der Waals surface area contributed by atoms with Gasteiger partial charge < -0.3 is 0 Å². The first-order chi connectivity index (χ1) is 25.0. The summed E-state index contributed by atoms with van der Waals surface area (Å²) in [6, 6.07) is 55.2. The number of benzene rings is 8. The third-order valence-electron chi connectivity index (χ3n) is 12.2. The van der Waals surface area contributed by atoms with Crippen LogP contribution in [0.5, 0.6) is 0 Å². The minimum Gasteiger partial charge on any atom is -0.0761 e. The molecule has 3 aliphatic rings. The van der Waals surface area contributed by atoms with Gasteiger partial charge in [0.05, 0.1) is 0 Å². The molecule has 2 unspecified atom stereocenters. The van der Waals surface area contributed by atoms with Gasteiger partial charge in [-0.1, -0.05) is 159 Å². The van der Waals surface area contributed by atoms with Crippen molar-refractivity contribution < 1.29 is 0 Å². The lowest BCUT2D eigenvalue weighted by molar-refractivity contribution is 0.661. The summed E-state index contributed by atoms with van der Waals surface area (Å²) in [4.78, 5) is 0. The summed E-state index contributed by atoms with van der Waals surface area (Å²) < 4.78 is 0. The minimum absolute atomic E-state index is 0.119. The van der Waals surface area contributed by atoms with Crippen molar-refractivity contribution >= 4 is 32.3 Å². The highest BCUT2D eigenvalue weighted by Crippen LogP contribution is 2.53. The van der Waals surface area contributed by atoms with E-state index in [1.54, 1.807) is 0 Å². The predicted molar refractivity (Wildman–Crippen MR) is 217 cm³/mol. The van der Waals surface area contributed by atoms with Gasteiger partial charge in [-0.25, -0.2) is 0 Å².